The zero-order valence-electron chi connectivity index (χ0n) is 18.9. The molecule has 0 spiro atoms. The molecule has 5 nitrogen and oxygen atoms in total. The molecule has 4 rings (SSSR count). The van der Waals surface area contributed by atoms with Gasteiger partial charge in [-0.15, -0.1) is 0 Å². The van der Waals surface area contributed by atoms with Gasteiger partial charge in [-0.25, -0.2) is 0 Å². The zero-order chi connectivity index (χ0) is 21.6. The zero-order valence-corrected chi connectivity index (χ0v) is 18.9. The Morgan fingerprint density at radius 1 is 1.16 bits per heavy atom. The van der Waals surface area contributed by atoms with Crippen LogP contribution >= 0.6 is 0 Å². The molecule has 2 N–H and O–H groups in total. The number of amides is 1. The summed E-state index contributed by atoms with van der Waals surface area (Å²) in [6.07, 6.45) is 10.6. The highest BCUT2D eigenvalue weighted by molar-refractivity contribution is 5.81. The van der Waals surface area contributed by atoms with E-state index in [1.165, 1.54) is 62.7 Å². The van der Waals surface area contributed by atoms with Crippen LogP contribution in [0.15, 0.2) is 34.9 Å². The van der Waals surface area contributed by atoms with Crippen LogP contribution in [0.25, 0.3) is 11.0 Å². The highest BCUT2D eigenvalue weighted by atomic mass is 16.3. The van der Waals surface area contributed by atoms with Gasteiger partial charge < -0.3 is 19.7 Å². The largest absolute Gasteiger partial charge is 0.464 e. The minimum absolute atomic E-state index is 0.00562. The lowest BCUT2D eigenvalue weighted by Gasteiger charge is -2.34. The van der Waals surface area contributed by atoms with E-state index >= 15 is 0 Å². The minimum atomic E-state index is -0.507. The van der Waals surface area contributed by atoms with Crippen molar-refractivity contribution in [3.63, 3.8) is 0 Å². The summed E-state index contributed by atoms with van der Waals surface area (Å²) in [5.41, 5.74) is 2.40. The SMILES string of the molecule is CC[C@@H](O)CC(=O)NC1CCC(CCN2CCC(c3coc4ccccc34)CC2)CC1. The number of benzene rings is 1. The monoisotopic (exact) mass is 426 g/mol. The number of aliphatic hydroxyl groups is 1. The first-order chi connectivity index (χ1) is 15.1. The van der Waals surface area contributed by atoms with Gasteiger partial charge in [-0.2, -0.15) is 0 Å². The number of nitrogens with one attached hydrogen (secondary N) is 1. The summed E-state index contributed by atoms with van der Waals surface area (Å²) in [5.74, 6) is 1.40. The molecule has 170 valence electrons. The predicted molar refractivity (Wildman–Crippen MR) is 124 cm³/mol. The first-order valence-electron chi connectivity index (χ1n) is 12.3. The van der Waals surface area contributed by atoms with Crippen LogP contribution in [0.4, 0.5) is 0 Å². The molecule has 0 radical (unpaired) electrons. The predicted octanol–water partition coefficient (Wildman–Crippen LogP) is 4.84. The van der Waals surface area contributed by atoms with Gasteiger partial charge in [0, 0.05) is 17.0 Å². The molecule has 2 aromatic rings. The fourth-order valence-electron chi connectivity index (χ4n) is 5.39. The summed E-state index contributed by atoms with van der Waals surface area (Å²) in [5, 5.41) is 14.1. The molecule has 2 aliphatic rings. The van der Waals surface area contributed by atoms with E-state index in [-0.39, 0.29) is 12.3 Å². The third-order valence-electron chi connectivity index (χ3n) is 7.50. The lowest BCUT2D eigenvalue weighted by atomic mass is 9.83. The molecular formula is C26H38N2O3. The quantitative estimate of drug-likeness (QED) is 0.634. The van der Waals surface area contributed by atoms with Crippen molar-refractivity contribution >= 4 is 16.9 Å². The molecule has 1 aromatic carbocycles. The number of carbonyl (C=O) groups excluding carboxylic acids is 1. The number of rotatable bonds is 8. The van der Waals surface area contributed by atoms with Gasteiger partial charge in [0.05, 0.1) is 18.8 Å². The van der Waals surface area contributed by atoms with Crippen LogP contribution in [0.1, 0.15) is 76.2 Å². The van der Waals surface area contributed by atoms with Crippen LogP contribution in [0, 0.1) is 5.92 Å². The van der Waals surface area contributed by atoms with E-state index in [2.05, 4.69) is 28.4 Å². The summed E-state index contributed by atoms with van der Waals surface area (Å²) in [7, 11) is 0. The molecule has 1 amide bonds. The molecule has 2 fully saturated rings. The number of fused-ring (bicyclic) bond motifs is 1. The van der Waals surface area contributed by atoms with Crippen molar-refractivity contribution < 1.29 is 14.3 Å². The molecule has 1 aliphatic heterocycles. The van der Waals surface area contributed by atoms with E-state index in [1.54, 1.807) is 0 Å². The Morgan fingerprint density at radius 3 is 2.65 bits per heavy atom. The van der Waals surface area contributed by atoms with Gasteiger partial charge in [-0.1, -0.05) is 25.1 Å². The van der Waals surface area contributed by atoms with E-state index in [0.29, 0.717) is 18.4 Å². The van der Waals surface area contributed by atoms with Gasteiger partial charge in [0.2, 0.25) is 5.91 Å². The van der Waals surface area contributed by atoms with Gasteiger partial charge in [0.1, 0.15) is 5.58 Å². The number of hydrogen-bond donors (Lipinski definition) is 2. The number of aliphatic hydroxyl groups excluding tert-OH is 1. The van der Waals surface area contributed by atoms with Crippen molar-refractivity contribution in [2.24, 2.45) is 5.92 Å². The average Bonchev–Trinajstić information content (AvgIpc) is 3.23. The Labute approximate surface area is 186 Å². The van der Waals surface area contributed by atoms with Crippen molar-refractivity contribution in [2.75, 3.05) is 19.6 Å². The maximum Gasteiger partial charge on any atom is 0.222 e. The fraction of sp³-hybridized carbons (Fsp3) is 0.654. The molecule has 5 heteroatoms. The molecule has 0 unspecified atom stereocenters. The third-order valence-corrected chi connectivity index (χ3v) is 7.50. The van der Waals surface area contributed by atoms with Crippen LogP contribution < -0.4 is 5.32 Å². The number of nitrogens with zero attached hydrogens (tertiary/aromatic N) is 1. The van der Waals surface area contributed by atoms with Crippen LogP contribution in [-0.4, -0.2) is 47.7 Å². The molecule has 1 aliphatic carbocycles. The van der Waals surface area contributed by atoms with Crippen molar-refractivity contribution in [2.45, 2.75) is 82.8 Å². The van der Waals surface area contributed by atoms with E-state index < -0.39 is 6.10 Å². The number of piperidine rings is 1. The fourth-order valence-corrected chi connectivity index (χ4v) is 5.39. The van der Waals surface area contributed by atoms with Gasteiger partial charge in [0.25, 0.3) is 0 Å². The topological polar surface area (TPSA) is 65.7 Å². The Morgan fingerprint density at radius 2 is 1.90 bits per heavy atom. The van der Waals surface area contributed by atoms with Gasteiger partial charge in [0.15, 0.2) is 0 Å². The smallest absolute Gasteiger partial charge is 0.222 e. The number of furan rings is 1. The molecular weight excluding hydrogens is 388 g/mol. The Balaban J connectivity index is 1.14. The highest BCUT2D eigenvalue weighted by Crippen LogP contribution is 2.35. The van der Waals surface area contributed by atoms with Crippen LogP contribution in [0.2, 0.25) is 0 Å². The van der Waals surface area contributed by atoms with Crippen molar-refractivity contribution in [3.8, 4) is 0 Å². The number of hydrogen-bond acceptors (Lipinski definition) is 4. The maximum absolute atomic E-state index is 12.0. The standard InChI is InChI=1S/C26H38N2O3/c1-2-22(29)17-26(30)27-21-9-7-19(8-10-21)11-14-28-15-12-20(13-16-28)24-18-31-25-6-4-3-5-23(24)25/h3-6,18-22,29H,2,7-17H2,1H3,(H,27,30)/t19?,21?,22-/m1/s1. The highest BCUT2D eigenvalue weighted by Gasteiger charge is 2.26. The number of carbonyl (C=O) groups is 1. The van der Waals surface area contributed by atoms with Crippen molar-refractivity contribution in [1.82, 2.24) is 10.2 Å². The summed E-state index contributed by atoms with van der Waals surface area (Å²) in [6, 6.07) is 8.68. The van der Waals surface area contributed by atoms with E-state index in [0.717, 1.165) is 24.3 Å². The lowest BCUT2D eigenvalue weighted by Crippen LogP contribution is -2.39. The average molecular weight is 427 g/mol. The second-order valence-electron chi connectivity index (χ2n) is 9.64. The molecule has 1 saturated heterocycles. The normalized spacial score (nSPS) is 24.3. The summed E-state index contributed by atoms with van der Waals surface area (Å²) in [4.78, 5) is 14.6. The molecule has 1 saturated carbocycles. The molecule has 0 bridgehead atoms. The number of para-hydroxylation sites is 1. The van der Waals surface area contributed by atoms with Crippen LogP contribution in [0.5, 0.6) is 0 Å². The summed E-state index contributed by atoms with van der Waals surface area (Å²) in [6.45, 7) is 5.46. The van der Waals surface area contributed by atoms with E-state index in [9.17, 15) is 9.90 Å². The summed E-state index contributed by atoms with van der Waals surface area (Å²) < 4.78 is 5.76. The molecule has 1 atom stereocenters. The van der Waals surface area contributed by atoms with Gasteiger partial charge in [-0.05, 0) is 88.9 Å². The first-order valence-corrected chi connectivity index (χ1v) is 12.3. The van der Waals surface area contributed by atoms with Crippen molar-refractivity contribution in [3.05, 3.63) is 36.1 Å². The Hall–Kier alpha value is -1.85. The lowest BCUT2D eigenvalue weighted by molar-refractivity contribution is -0.124. The third kappa shape index (κ3) is 5.89. The van der Waals surface area contributed by atoms with Crippen LogP contribution in [0.3, 0.4) is 0 Å². The second-order valence-corrected chi connectivity index (χ2v) is 9.64. The van der Waals surface area contributed by atoms with Gasteiger partial charge >= 0.3 is 0 Å². The first kappa shape index (κ1) is 22.3. The summed E-state index contributed by atoms with van der Waals surface area (Å²) >= 11 is 0. The number of likely N-dealkylation sites (tertiary alicyclic amines) is 1. The molecule has 1 aromatic heterocycles. The second kappa shape index (κ2) is 10.6. The van der Waals surface area contributed by atoms with E-state index in [4.69, 9.17) is 4.42 Å². The minimum Gasteiger partial charge on any atom is -0.464 e. The molecule has 31 heavy (non-hydrogen) atoms. The van der Waals surface area contributed by atoms with Crippen LogP contribution in [-0.2, 0) is 4.79 Å². The molecule has 2 heterocycles. The van der Waals surface area contributed by atoms with Crippen molar-refractivity contribution in [1.29, 1.82) is 0 Å². The van der Waals surface area contributed by atoms with E-state index in [1.807, 2.05) is 19.3 Å². The Bertz CT molecular complexity index is 832. The maximum atomic E-state index is 12.0. The Kier molecular flexibility index (Phi) is 7.67. The van der Waals surface area contributed by atoms with Gasteiger partial charge in [-0.3, -0.25) is 4.79 Å².